The van der Waals surface area contributed by atoms with E-state index in [1.54, 1.807) is 14.0 Å². The van der Waals surface area contributed by atoms with Gasteiger partial charge in [-0.3, -0.25) is 4.79 Å². The highest BCUT2D eigenvalue weighted by Crippen LogP contribution is 2.32. The predicted octanol–water partition coefficient (Wildman–Crippen LogP) is -5.06. The van der Waals surface area contributed by atoms with Crippen LogP contribution in [0.1, 0.15) is 39.5 Å². The van der Waals surface area contributed by atoms with Crippen LogP contribution in [-0.4, -0.2) is 155 Å². The Labute approximate surface area is 246 Å². The van der Waals surface area contributed by atoms with Crippen molar-refractivity contribution in [2.45, 2.75) is 125 Å². The summed E-state index contributed by atoms with van der Waals surface area (Å²) in [5.41, 5.74) is 11.3. The van der Waals surface area contributed by atoms with Crippen LogP contribution in [0.15, 0.2) is 0 Å². The Morgan fingerprint density at radius 2 is 1.79 bits per heavy atom. The lowest BCUT2D eigenvalue weighted by molar-refractivity contribution is -0.307. The van der Waals surface area contributed by atoms with E-state index >= 15 is 0 Å². The van der Waals surface area contributed by atoms with Crippen molar-refractivity contribution in [2.75, 3.05) is 33.4 Å². The van der Waals surface area contributed by atoms with E-state index in [1.807, 2.05) is 0 Å². The number of rotatable bonds is 13. The smallest absolute Gasteiger partial charge is 0.249 e. The van der Waals surface area contributed by atoms with E-state index in [1.165, 1.54) is 6.92 Å². The maximum Gasteiger partial charge on any atom is 0.249 e. The Bertz CT molecular complexity index is 844. The first-order chi connectivity index (χ1) is 19.8. The molecule has 2 aliphatic heterocycles. The first-order valence-corrected chi connectivity index (χ1v) is 14.7. The second-order valence-corrected chi connectivity index (χ2v) is 11.8. The zero-order valence-corrected chi connectivity index (χ0v) is 24.5. The van der Waals surface area contributed by atoms with Crippen molar-refractivity contribution in [1.82, 2.24) is 16.0 Å². The van der Waals surface area contributed by atoms with Gasteiger partial charge in [0.2, 0.25) is 5.91 Å². The number of nitrogens with two attached hydrogens (primary N) is 2. The molecule has 246 valence electrons. The van der Waals surface area contributed by atoms with Gasteiger partial charge in [-0.25, -0.2) is 0 Å². The fourth-order valence-corrected chi connectivity index (χ4v) is 5.71. The molecular formula is C26H51N5O11. The van der Waals surface area contributed by atoms with Gasteiger partial charge in [0.15, 0.2) is 12.6 Å². The number of likely N-dealkylation sites (N-methyl/N-ethyl adjacent to an activating group) is 1. The van der Waals surface area contributed by atoms with Gasteiger partial charge in [0, 0.05) is 19.1 Å². The quantitative estimate of drug-likeness (QED) is 0.0933. The van der Waals surface area contributed by atoms with Gasteiger partial charge >= 0.3 is 0 Å². The van der Waals surface area contributed by atoms with Crippen LogP contribution in [0.25, 0.3) is 0 Å². The summed E-state index contributed by atoms with van der Waals surface area (Å²) < 4.78 is 23.9. The zero-order chi connectivity index (χ0) is 31.2. The first-order valence-electron chi connectivity index (χ1n) is 14.7. The van der Waals surface area contributed by atoms with Crippen LogP contribution >= 0.6 is 0 Å². The molecule has 2 saturated heterocycles. The maximum absolute atomic E-state index is 12.6. The summed E-state index contributed by atoms with van der Waals surface area (Å²) in [5.74, 6) is -0.671. The van der Waals surface area contributed by atoms with E-state index in [4.69, 9.17) is 35.5 Å². The maximum atomic E-state index is 12.6. The lowest BCUT2D eigenvalue weighted by atomic mass is 9.83. The zero-order valence-electron chi connectivity index (χ0n) is 24.5. The molecule has 14 unspecified atom stereocenters. The van der Waals surface area contributed by atoms with Crippen LogP contribution in [0.5, 0.6) is 0 Å². The van der Waals surface area contributed by atoms with Crippen molar-refractivity contribution < 1.29 is 54.4 Å². The molecule has 16 nitrogen and oxygen atoms in total. The van der Waals surface area contributed by atoms with Crippen molar-refractivity contribution in [3.8, 4) is 0 Å². The molecule has 42 heavy (non-hydrogen) atoms. The molecule has 0 aromatic carbocycles. The minimum absolute atomic E-state index is 0.0799. The Morgan fingerprint density at radius 3 is 2.43 bits per heavy atom. The van der Waals surface area contributed by atoms with Gasteiger partial charge in [-0.15, -0.1) is 0 Å². The number of ether oxygens (including phenoxy) is 4. The number of aliphatic hydroxyl groups excluding tert-OH is 5. The third-order valence-electron chi connectivity index (χ3n) is 8.22. The van der Waals surface area contributed by atoms with Crippen molar-refractivity contribution >= 4 is 5.91 Å². The molecule has 2 heterocycles. The van der Waals surface area contributed by atoms with Crippen molar-refractivity contribution in [3.63, 3.8) is 0 Å². The summed E-state index contributed by atoms with van der Waals surface area (Å²) in [6.45, 7) is 3.15. The van der Waals surface area contributed by atoms with Crippen LogP contribution in [-0.2, 0) is 23.7 Å². The molecule has 16 heteroatoms. The van der Waals surface area contributed by atoms with Crippen molar-refractivity contribution in [1.29, 1.82) is 0 Å². The Balaban J connectivity index is 1.75. The molecule has 0 bridgehead atoms. The lowest BCUT2D eigenvalue weighted by Gasteiger charge is -2.49. The number of carbonyl (C=O) groups is 1. The number of hydrogen-bond acceptors (Lipinski definition) is 15. The van der Waals surface area contributed by atoms with Gasteiger partial charge in [-0.05, 0) is 39.7 Å². The van der Waals surface area contributed by atoms with E-state index < -0.39 is 84.9 Å². The lowest BCUT2D eigenvalue weighted by Crippen LogP contribution is -2.69. The molecular weight excluding hydrogens is 558 g/mol. The number of aliphatic hydroxyl groups is 6. The van der Waals surface area contributed by atoms with Crippen molar-refractivity contribution in [3.05, 3.63) is 0 Å². The summed E-state index contributed by atoms with van der Waals surface area (Å²) in [6, 6.07) is -3.03. The second-order valence-electron chi connectivity index (χ2n) is 11.8. The molecule has 0 spiro atoms. The van der Waals surface area contributed by atoms with E-state index in [-0.39, 0.29) is 38.7 Å². The average molecular weight is 610 g/mol. The molecule has 0 radical (unpaired) electrons. The Hall–Kier alpha value is -1.09. The normalized spacial score (nSPS) is 42.6. The number of hydrogen-bond donors (Lipinski definition) is 11. The molecule has 3 rings (SSSR count). The standard InChI is InChI=1S/C26H51N5O11/c1-4-17(34)23(37)31-16-7-15(28)20(41-24-14(27)6-5-13(40-24)9-30-8-12(33)10-32)18(35)21(16)42-25-19(36)22(29-3)26(2,38)11-39-25/h12-22,24-25,29-30,32-36,38H,4-11,27-28H2,1-3H3,(H,31,37). The molecule has 1 saturated carbocycles. The summed E-state index contributed by atoms with van der Waals surface area (Å²) in [7, 11) is 1.57. The molecule has 3 aliphatic rings. The van der Waals surface area contributed by atoms with Gasteiger partial charge in [0.25, 0.3) is 0 Å². The average Bonchev–Trinajstić information content (AvgIpc) is 2.94. The molecule has 0 aromatic rings. The first kappa shape index (κ1) is 35.4. The minimum atomic E-state index is -1.45. The van der Waals surface area contributed by atoms with Crippen LogP contribution in [0, 0.1) is 0 Å². The van der Waals surface area contributed by atoms with E-state index in [0.29, 0.717) is 19.4 Å². The Morgan fingerprint density at radius 1 is 1.10 bits per heavy atom. The number of amides is 1. The monoisotopic (exact) mass is 609 g/mol. The third kappa shape index (κ3) is 8.76. The molecule has 1 aliphatic carbocycles. The van der Waals surface area contributed by atoms with E-state index in [2.05, 4.69) is 16.0 Å². The summed E-state index contributed by atoms with van der Waals surface area (Å²) in [6.07, 6.45) is -8.34. The fourth-order valence-electron chi connectivity index (χ4n) is 5.71. The third-order valence-corrected chi connectivity index (χ3v) is 8.22. The largest absolute Gasteiger partial charge is 0.394 e. The molecule has 13 N–H and O–H groups in total. The predicted molar refractivity (Wildman–Crippen MR) is 148 cm³/mol. The van der Waals surface area contributed by atoms with Crippen LogP contribution in [0.3, 0.4) is 0 Å². The van der Waals surface area contributed by atoms with Gasteiger partial charge in [0.1, 0.15) is 36.1 Å². The van der Waals surface area contributed by atoms with Crippen molar-refractivity contribution in [2.24, 2.45) is 11.5 Å². The van der Waals surface area contributed by atoms with Crippen LogP contribution in [0.2, 0.25) is 0 Å². The molecule has 0 aromatic heterocycles. The highest BCUT2D eigenvalue weighted by Gasteiger charge is 2.52. The highest BCUT2D eigenvalue weighted by molar-refractivity contribution is 5.80. The van der Waals surface area contributed by atoms with E-state index in [0.717, 1.165) is 0 Å². The summed E-state index contributed by atoms with van der Waals surface area (Å²) in [5, 5.41) is 70.3. The number of nitrogens with one attached hydrogen (secondary N) is 3. The highest BCUT2D eigenvalue weighted by atomic mass is 16.7. The topological polar surface area (TPSA) is 264 Å². The van der Waals surface area contributed by atoms with Crippen LogP contribution < -0.4 is 27.4 Å². The second kappa shape index (κ2) is 15.8. The molecule has 14 atom stereocenters. The summed E-state index contributed by atoms with van der Waals surface area (Å²) in [4.78, 5) is 12.6. The fraction of sp³-hybridized carbons (Fsp3) is 0.962. The number of carbonyl (C=O) groups excluding carboxylic acids is 1. The van der Waals surface area contributed by atoms with Gasteiger partial charge in [0.05, 0.1) is 43.5 Å². The minimum Gasteiger partial charge on any atom is -0.394 e. The summed E-state index contributed by atoms with van der Waals surface area (Å²) >= 11 is 0. The van der Waals surface area contributed by atoms with Gasteiger partial charge in [-0.2, -0.15) is 0 Å². The molecule has 3 fully saturated rings. The van der Waals surface area contributed by atoms with Crippen LogP contribution in [0.4, 0.5) is 0 Å². The van der Waals surface area contributed by atoms with E-state index in [9.17, 15) is 30.3 Å². The Kier molecular flexibility index (Phi) is 13.3. The SMILES string of the molecule is CCC(O)C(=O)NC1CC(N)C(OC2OC(CNCC(O)CO)CCC2N)C(O)C1OC1OCC(C)(O)C(NC)C1O. The molecule has 1 amide bonds. The van der Waals surface area contributed by atoms with Gasteiger partial charge in [-0.1, -0.05) is 6.92 Å². The van der Waals surface area contributed by atoms with Gasteiger partial charge < -0.3 is 77.0 Å².